The Bertz CT molecular complexity index is 1700. The quantitative estimate of drug-likeness (QED) is 0.359. The van der Waals surface area contributed by atoms with Crippen molar-refractivity contribution in [2.24, 2.45) is 0 Å². The zero-order chi connectivity index (χ0) is 29.7. The van der Waals surface area contributed by atoms with E-state index in [0.717, 1.165) is 17.0 Å². The van der Waals surface area contributed by atoms with Gasteiger partial charge < -0.3 is 19.6 Å². The summed E-state index contributed by atoms with van der Waals surface area (Å²) >= 11 is 0. The number of morpholine rings is 1. The fourth-order valence-electron chi connectivity index (χ4n) is 6.41. The van der Waals surface area contributed by atoms with Crippen LogP contribution in [0.5, 0.6) is 5.75 Å². The molecule has 0 saturated carbocycles. The minimum atomic E-state index is -5.20. The number of aromatic hydroxyl groups is 1. The van der Waals surface area contributed by atoms with Crippen molar-refractivity contribution < 1.29 is 45.7 Å². The zero-order valence-electron chi connectivity index (χ0n) is 21.3. The third-order valence-corrected chi connectivity index (χ3v) is 8.09. The van der Waals surface area contributed by atoms with Gasteiger partial charge in [0, 0.05) is 42.0 Å². The van der Waals surface area contributed by atoms with Gasteiger partial charge in [0.1, 0.15) is 18.3 Å². The molecule has 4 atom stereocenters. The second-order valence-corrected chi connectivity index (χ2v) is 10.3. The van der Waals surface area contributed by atoms with Gasteiger partial charge in [0.15, 0.2) is 23.1 Å². The number of hydrogen-bond acceptors (Lipinski definition) is 7. The average molecular weight is 594 g/mol. The summed E-state index contributed by atoms with van der Waals surface area (Å²) in [4.78, 5) is 28.1. The number of carbonyl (C=O) groups is 1. The van der Waals surface area contributed by atoms with Crippen LogP contribution in [0.2, 0.25) is 0 Å². The molecule has 0 spiro atoms. The third kappa shape index (κ3) is 3.72. The number of carbonyl (C=O) groups excluding carboxylic acids is 1. The van der Waals surface area contributed by atoms with Crippen LogP contribution in [0.15, 0.2) is 47.4 Å². The van der Waals surface area contributed by atoms with Crippen LogP contribution in [0.3, 0.4) is 0 Å². The number of aromatic nitrogens is 1. The molecule has 4 aliphatic heterocycles. The third-order valence-electron chi connectivity index (χ3n) is 8.09. The summed E-state index contributed by atoms with van der Waals surface area (Å²) in [6.45, 7) is -0.549. The molecule has 0 bridgehead atoms. The van der Waals surface area contributed by atoms with Gasteiger partial charge in [0.2, 0.25) is 11.7 Å². The van der Waals surface area contributed by atoms with E-state index in [1.807, 2.05) is 0 Å². The molecule has 2 aromatic carbocycles. The van der Waals surface area contributed by atoms with Crippen LogP contribution in [0.25, 0.3) is 0 Å². The molecular weight excluding hydrogens is 574 g/mol. The minimum Gasteiger partial charge on any atom is -0.502 e. The molecule has 9 nitrogen and oxygen atoms in total. The maximum atomic E-state index is 15.8. The highest BCUT2D eigenvalue weighted by atomic mass is 19.4. The van der Waals surface area contributed by atoms with Gasteiger partial charge in [-0.15, -0.1) is 13.2 Å². The first-order chi connectivity index (χ1) is 20.0. The first-order valence-electron chi connectivity index (χ1n) is 12.8. The van der Waals surface area contributed by atoms with Gasteiger partial charge in [-0.25, -0.2) is 13.2 Å². The van der Waals surface area contributed by atoms with E-state index < -0.39 is 71.9 Å². The Morgan fingerprint density at radius 3 is 2.52 bits per heavy atom. The van der Waals surface area contributed by atoms with Crippen LogP contribution in [0.4, 0.5) is 32.0 Å². The topological polar surface area (TPSA) is 87.5 Å². The van der Waals surface area contributed by atoms with E-state index in [1.54, 1.807) is 0 Å². The summed E-state index contributed by atoms with van der Waals surface area (Å²) in [5.74, 6) is -4.11. The predicted molar refractivity (Wildman–Crippen MR) is 132 cm³/mol. The Morgan fingerprint density at radius 1 is 1.00 bits per heavy atom. The molecule has 1 saturated heterocycles. The predicted octanol–water partition coefficient (Wildman–Crippen LogP) is 3.58. The van der Waals surface area contributed by atoms with Crippen molar-refractivity contribution in [1.82, 2.24) is 9.58 Å². The van der Waals surface area contributed by atoms with Crippen molar-refractivity contribution in [2.75, 3.05) is 29.7 Å². The molecule has 1 amide bonds. The molecule has 5 heterocycles. The van der Waals surface area contributed by atoms with Gasteiger partial charge in [-0.2, -0.15) is 0 Å². The number of nitrogens with zero attached hydrogens (tertiary/aromatic N) is 4. The standard InChI is InChI=1S/C27H20F6N4O5/c28-16-5-4-12-15(19(16)29)10-35-20-13(2-1-3-14(20)24(25(35)30)42-27(31,32)33)21(12)37-18-11-41-9-8-34(18)26(40)22-23(39)17(38)6-7-36(22)37/h1-7,18,21,24-25,39H,8-11H2. The van der Waals surface area contributed by atoms with Crippen LogP contribution in [0.1, 0.15) is 44.9 Å². The van der Waals surface area contributed by atoms with Crippen LogP contribution in [-0.2, 0) is 16.0 Å². The van der Waals surface area contributed by atoms with Gasteiger partial charge in [0.05, 0.1) is 18.9 Å². The van der Waals surface area contributed by atoms with E-state index in [0.29, 0.717) is 0 Å². The van der Waals surface area contributed by atoms with Crippen molar-refractivity contribution in [3.05, 3.63) is 92.4 Å². The number of pyridine rings is 1. The van der Waals surface area contributed by atoms with Gasteiger partial charge in [-0.1, -0.05) is 24.3 Å². The lowest BCUT2D eigenvalue weighted by atomic mass is 9.91. The van der Waals surface area contributed by atoms with E-state index in [4.69, 9.17) is 4.74 Å². The van der Waals surface area contributed by atoms with E-state index in [2.05, 4.69) is 4.74 Å². The number of para-hydroxylation sites is 1. The summed E-state index contributed by atoms with van der Waals surface area (Å²) in [6, 6.07) is 6.12. The van der Waals surface area contributed by atoms with Crippen molar-refractivity contribution in [2.45, 2.75) is 37.5 Å². The minimum absolute atomic E-state index is 0.0211. The highest BCUT2D eigenvalue weighted by molar-refractivity contribution is 5.96. The lowest BCUT2D eigenvalue weighted by Gasteiger charge is -2.51. The summed E-state index contributed by atoms with van der Waals surface area (Å²) in [5, 5.41) is 12.2. The molecule has 3 aromatic rings. The smallest absolute Gasteiger partial charge is 0.502 e. The first kappa shape index (κ1) is 26.6. The molecule has 4 aliphatic rings. The molecule has 15 heteroatoms. The summed E-state index contributed by atoms with van der Waals surface area (Å²) in [5.41, 5.74) is -1.44. The Kier molecular flexibility index (Phi) is 5.79. The van der Waals surface area contributed by atoms with E-state index >= 15 is 8.78 Å². The van der Waals surface area contributed by atoms with Crippen molar-refractivity contribution in [3.8, 4) is 5.75 Å². The maximum absolute atomic E-state index is 15.8. The fourth-order valence-corrected chi connectivity index (χ4v) is 6.41. The molecule has 1 N–H and O–H groups in total. The van der Waals surface area contributed by atoms with E-state index in [1.165, 1.54) is 45.0 Å². The number of hydrogen-bond donors (Lipinski definition) is 1. The normalized spacial score (nSPS) is 24.6. The maximum Gasteiger partial charge on any atom is 0.523 e. The lowest BCUT2D eigenvalue weighted by molar-refractivity contribution is -0.349. The Balaban J connectivity index is 1.53. The highest BCUT2D eigenvalue weighted by Gasteiger charge is 2.52. The molecule has 42 heavy (non-hydrogen) atoms. The molecule has 0 radical (unpaired) electrons. The number of rotatable bonds is 2. The second-order valence-electron chi connectivity index (χ2n) is 10.3. The second kappa shape index (κ2) is 9.13. The Hall–Kier alpha value is -4.24. The zero-order valence-corrected chi connectivity index (χ0v) is 21.3. The van der Waals surface area contributed by atoms with Gasteiger partial charge in [-0.3, -0.25) is 24.0 Å². The number of anilines is 1. The Labute approximate surface area is 232 Å². The number of halogens is 6. The summed E-state index contributed by atoms with van der Waals surface area (Å²) < 4.78 is 97.1. The molecule has 220 valence electrons. The van der Waals surface area contributed by atoms with Crippen LogP contribution in [-0.4, -0.2) is 59.2 Å². The Morgan fingerprint density at radius 2 is 1.76 bits per heavy atom. The molecule has 4 unspecified atom stereocenters. The number of amides is 1. The number of ether oxygens (including phenoxy) is 2. The highest BCUT2D eigenvalue weighted by Crippen LogP contribution is 2.53. The molecule has 0 aliphatic carbocycles. The summed E-state index contributed by atoms with van der Waals surface area (Å²) in [6.07, 6.45) is -9.45. The van der Waals surface area contributed by atoms with Gasteiger partial charge >= 0.3 is 6.36 Å². The number of fused-ring (bicyclic) bond motifs is 3. The average Bonchev–Trinajstić information content (AvgIpc) is 3.11. The van der Waals surface area contributed by atoms with Crippen LogP contribution >= 0.6 is 0 Å². The number of benzene rings is 2. The lowest BCUT2D eigenvalue weighted by Crippen LogP contribution is -2.66. The van der Waals surface area contributed by atoms with Crippen LogP contribution < -0.4 is 15.3 Å². The van der Waals surface area contributed by atoms with E-state index in [-0.39, 0.29) is 47.7 Å². The van der Waals surface area contributed by atoms with E-state index in [9.17, 15) is 32.3 Å². The summed E-state index contributed by atoms with van der Waals surface area (Å²) in [7, 11) is 0. The van der Waals surface area contributed by atoms with Crippen LogP contribution in [0, 0.1) is 11.6 Å². The molecule has 1 aromatic heterocycles. The van der Waals surface area contributed by atoms with Gasteiger partial charge in [0.25, 0.3) is 5.91 Å². The van der Waals surface area contributed by atoms with Crippen molar-refractivity contribution >= 4 is 11.6 Å². The molecular formula is C27H20F6N4O5. The van der Waals surface area contributed by atoms with Crippen molar-refractivity contribution in [3.63, 3.8) is 0 Å². The molecule has 1 fully saturated rings. The fraction of sp³-hybridized carbons (Fsp3) is 0.333. The molecule has 7 rings (SSSR count). The largest absolute Gasteiger partial charge is 0.523 e. The van der Waals surface area contributed by atoms with Crippen molar-refractivity contribution in [1.29, 1.82) is 0 Å². The monoisotopic (exact) mass is 594 g/mol. The first-order valence-corrected chi connectivity index (χ1v) is 12.8. The SMILES string of the molecule is O=C1c2c(O)c(=O)ccn2N(C2c3ccc(F)c(F)c3CN3c4c(cccc42)C(OC(F)(F)F)C3F)C2COCCN12. The van der Waals surface area contributed by atoms with Gasteiger partial charge in [-0.05, 0) is 11.6 Å². The number of alkyl halides is 4.